The molecule has 0 aromatic heterocycles. The second kappa shape index (κ2) is 3.17. The van der Waals surface area contributed by atoms with Crippen molar-refractivity contribution in [1.29, 1.82) is 0 Å². The first kappa shape index (κ1) is 10.9. The van der Waals surface area contributed by atoms with Gasteiger partial charge in [0.1, 0.15) is 6.10 Å². The molecule has 0 aliphatic carbocycles. The van der Waals surface area contributed by atoms with Crippen LogP contribution in [0.2, 0.25) is 0 Å². The van der Waals surface area contributed by atoms with E-state index in [1.54, 1.807) is 0 Å². The lowest BCUT2D eigenvalue weighted by atomic mass is 10.0. The van der Waals surface area contributed by atoms with Crippen molar-refractivity contribution < 1.29 is 34.8 Å². The standard InChI is InChI=1S/C5H11BO7/c1-4(7)5(8,9)3(2-12-4)13-6(10)11/h3,7-11H,2H2,1H3. The summed E-state index contributed by atoms with van der Waals surface area (Å²) in [6.45, 7) is 0.678. The zero-order valence-electron chi connectivity index (χ0n) is 6.91. The van der Waals surface area contributed by atoms with Gasteiger partial charge in [0.05, 0.1) is 6.61 Å². The third kappa shape index (κ3) is 1.84. The molecule has 1 heterocycles. The lowest BCUT2D eigenvalue weighted by molar-refractivity contribution is -0.334. The molecule has 1 saturated heterocycles. The average Bonchev–Trinajstić information content (AvgIpc) is 2.11. The Morgan fingerprint density at radius 2 is 1.92 bits per heavy atom. The quantitative estimate of drug-likeness (QED) is 0.231. The maximum atomic E-state index is 9.26. The zero-order chi connectivity index (χ0) is 10.3. The van der Waals surface area contributed by atoms with Crippen molar-refractivity contribution in [3.63, 3.8) is 0 Å². The van der Waals surface area contributed by atoms with Crippen LogP contribution in [0.3, 0.4) is 0 Å². The topological polar surface area (TPSA) is 120 Å². The fourth-order valence-corrected chi connectivity index (χ4v) is 1.04. The molecule has 1 rings (SSSR count). The molecule has 76 valence electrons. The maximum absolute atomic E-state index is 9.26. The zero-order valence-corrected chi connectivity index (χ0v) is 6.91. The van der Waals surface area contributed by atoms with Gasteiger partial charge in [0.25, 0.3) is 0 Å². The second-order valence-electron chi connectivity index (χ2n) is 2.97. The lowest BCUT2D eigenvalue weighted by Crippen LogP contribution is -2.56. The molecule has 1 fully saturated rings. The highest BCUT2D eigenvalue weighted by Gasteiger charge is 2.59. The van der Waals surface area contributed by atoms with E-state index in [9.17, 15) is 15.3 Å². The Morgan fingerprint density at radius 3 is 2.23 bits per heavy atom. The van der Waals surface area contributed by atoms with E-state index >= 15 is 0 Å². The predicted molar refractivity (Wildman–Crippen MR) is 38.8 cm³/mol. The van der Waals surface area contributed by atoms with E-state index in [0.29, 0.717) is 0 Å². The van der Waals surface area contributed by atoms with Crippen molar-refractivity contribution >= 4 is 7.32 Å². The summed E-state index contributed by atoms with van der Waals surface area (Å²) in [5, 5.41) is 44.5. The van der Waals surface area contributed by atoms with Gasteiger partial charge in [-0.05, 0) is 6.92 Å². The number of hydrogen-bond acceptors (Lipinski definition) is 7. The van der Waals surface area contributed by atoms with Gasteiger partial charge in [-0.2, -0.15) is 0 Å². The molecule has 1 aliphatic heterocycles. The minimum absolute atomic E-state index is 0.350. The summed E-state index contributed by atoms with van der Waals surface area (Å²) in [7, 11) is -2.15. The van der Waals surface area contributed by atoms with Crippen molar-refractivity contribution in [3.05, 3.63) is 0 Å². The van der Waals surface area contributed by atoms with Crippen LogP contribution in [-0.4, -0.2) is 57.0 Å². The molecule has 0 bridgehead atoms. The van der Waals surface area contributed by atoms with Gasteiger partial charge in [-0.25, -0.2) is 0 Å². The monoisotopic (exact) mass is 194 g/mol. The first-order chi connectivity index (χ1) is 5.77. The van der Waals surface area contributed by atoms with E-state index in [2.05, 4.69) is 9.39 Å². The summed E-state index contributed by atoms with van der Waals surface area (Å²) in [6, 6.07) is 0. The summed E-state index contributed by atoms with van der Waals surface area (Å²) in [4.78, 5) is 0. The normalized spacial score (nSPS) is 37.8. The van der Waals surface area contributed by atoms with Crippen LogP contribution in [0.1, 0.15) is 6.92 Å². The number of ether oxygens (including phenoxy) is 1. The Balaban J connectivity index is 2.70. The molecule has 13 heavy (non-hydrogen) atoms. The lowest BCUT2D eigenvalue weighted by Gasteiger charge is -2.31. The average molecular weight is 194 g/mol. The van der Waals surface area contributed by atoms with Gasteiger partial charge < -0.3 is 34.8 Å². The fraction of sp³-hybridized carbons (Fsp3) is 1.00. The maximum Gasteiger partial charge on any atom is 0.634 e. The third-order valence-electron chi connectivity index (χ3n) is 1.93. The van der Waals surface area contributed by atoms with Crippen molar-refractivity contribution in [1.82, 2.24) is 0 Å². The van der Waals surface area contributed by atoms with E-state index < -0.39 is 25.0 Å². The molecule has 1 aliphatic rings. The van der Waals surface area contributed by atoms with Crippen molar-refractivity contribution in [3.8, 4) is 0 Å². The van der Waals surface area contributed by atoms with Crippen molar-refractivity contribution in [2.75, 3.05) is 6.61 Å². The Kier molecular flexibility index (Phi) is 2.65. The van der Waals surface area contributed by atoms with Gasteiger partial charge in [0.2, 0.25) is 11.6 Å². The number of hydrogen-bond donors (Lipinski definition) is 5. The molecule has 0 aromatic carbocycles. The van der Waals surface area contributed by atoms with Crippen LogP contribution in [-0.2, 0) is 9.39 Å². The highest BCUT2D eigenvalue weighted by molar-refractivity contribution is 6.32. The van der Waals surface area contributed by atoms with Gasteiger partial charge in [-0.15, -0.1) is 0 Å². The van der Waals surface area contributed by atoms with Gasteiger partial charge in [-0.3, -0.25) is 0 Å². The van der Waals surface area contributed by atoms with Crippen LogP contribution >= 0.6 is 0 Å². The Hall–Kier alpha value is -0.215. The van der Waals surface area contributed by atoms with E-state index in [4.69, 9.17) is 10.0 Å². The third-order valence-corrected chi connectivity index (χ3v) is 1.93. The molecule has 0 amide bonds. The second-order valence-corrected chi connectivity index (χ2v) is 2.97. The summed E-state index contributed by atoms with van der Waals surface area (Å²) >= 11 is 0. The van der Waals surface area contributed by atoms with Crippen LogP contribution < -0.4 is 0 Å². The predicted octanol–water partition coefficient (Wildman–Crippen LogP) is -3.24. The van der Waals surface area contributed by atoms with Crippen LogP contribution in [0.15, 0.2) is 0 Å². The minimum Gasteiger partial charge on any atom is -0.402 e. The Bertz CT molecular complexity index is 191. The van der Waals surface area contributed by atoms with Crippen LogP contribution in [0.5, 0.6) is 0 Å². The first-order valence-corrected chi connectivity index (χ1v) is 3.60. The molecule has 2 atom stereocenters. The van der Waals surface area contributed by atoms with Crippen LogP contribution in [0, 0.1) is 0 Å². The van der Waals surface area contributed by atoms with Crippen molar-refractivity contribution in [2.45, 2.75) is 24.6 Å². The van der Waals surface area contributed by atoms with E-state index in [-0.39, 0.29) is 6.61 Å². The van der Waals surface area contributed by atoms with Gasteiger partial charge >= 0.3 is 7.32 Å². The van der Waals surface area contributed by atoms with E-state index in [1.807, 2.05) is 0 Å². The van der Waals surface area contributed by atoms with Gasteiger partial charge in [0.15, 0.2) is 0 Å². The SMILES string of the molecule is CC1(O)OCC(OB(O)O)C1(O)O. The van der Waals surface area contributed by atoms with Gasteiger partial charge in [0, 0.05) is 0 Å². The molecule has 8 heteroatoms. The van der Waals surface area contributed by atoms with E-state index in [0.717, 1.165) is 6.92 Å². The molecule has 2 unspecified atom stereocenters. The molecular formula is C5H11BO7. The summed E-state index contributed by atoms with van der Waals surface area (Å²) < 4.78 is 8.87. The smallest absolute Gasteiger partial charge is 0.402 e. The molecule has 5 N–H and O–H groups in total. The van der Waals surface area contributed by atoms with Crippen molar-refractivity contribution in [2.24, 2.45) is 0 Å². The minimum atomic E-state index is -2.67. The molecule has 0 radical (unpaired) electrons. The van der Waals surface area contributed by atoms with Crippen LogP contribution in [0.25, 0.3) is 0 Å². The number of rotatable bonds is 2. The largest absolute Gasteiger partial charge is 0.634 e. The summed E-state index contributed by atoms with van der Waals surface area (Å²) in [6.07, 6.45) is -1.41. The van der Waals surface area contributed by atoms with Crippen LogP contribution in [0.4, 0.5) is 0 Å². The Labute approximate surface area is 74.3 Å². The fourth-order valence-electron chi connectivity index (χ4n) is 1.04. The highest BCUT2D eigenvalue weighted by Crippen LogP contribution is 2.33. The molecule has 0 saturated carbocycles. The summed E-state index contributed by atoms with van der Waals surface area (Å²) in [5.74, 6) is -4.86. The summed E-state index contributed by atoms with van der Waals surface area (Å²) in [5.41, 5.74) is 0. The molecule has 0 spiro atoms. The molecule has 0 aromatic rings. The number of aliphatic hydroxyl groups is 3. The first-order valence-electron chi connectivity index (χ1n) is 3.60. The van der Waals surface area contributed by atoms with Gasteiger partial charge in [-0.1, -0.05) is 0 Å². The molecule has 7 nitrogen and oxygen atoms in total. The Morgan fingerprint density at radius 1 is 1.38 bits per heavy atom. The van der Waals surface area contributed by atoms with E-state index in [1.165, 1.54) is 0 Å². The molecular weight excluding hydrogens is 183 g/mol. The highest BCUT2D eigenvalue weighted by atomic mass is 16.7.